The van der Waals surface area contributed by atoms with E-state index in [1.165, 1.54) is 14.0 Å². The van der Waals surface area contributed by atoms with Crippen LogP contribution in [-0.2, 0) is 4.79 Å². The molecule has 0 unspecified atom stereocenters. The Labute approximate surface area is 47.3 Å². The van der Waals surface area contributed by atoms with Gasteiger partial charge in [-0.05, 0) is 6.92 Å². The highest BCUT2D eigenvalue weighted by molar-refractivity contribution is 5.72. The van der Waals surface area contributed by atoms with Gasteiger partial charge in [0.25, 0.3) is 0 Å². The summed E-state index contributed by atoms with van der Waals surface area (Å²) in [5.41, 5.74) is 0. The number of aliphatic carboxylic acids is 1. The number of hydrogen-bond donors (Lipinski definition) is 2. The first-order valence-corrected chi connectivity index (χ1v) is 2.20. The lowest BCUT2D eigenvalue weighted by atomic mass is 10.3. The van der Waals surface area contributed by atoms with E-state index in [1.54, 1.807) is 0 Å². The molecule has 8 heavy (non-hydrogen) atoms. The first-order chi connectivity index (χ1) is 3.55. The monoisotopic (exact) mass is 119 g/mol. The van der Waals surface area contributed by atoms with Crippen molar-refractivity contribution < 1.29 is 15.1 Å². The first kappa shape index (κ1) is 7.39. The third-order valence-electron chi connectivity index (χ3n) is 0.918. The summed E-state index contributed by atoms with van der Waals surface area (Å²) in [5.74, 6) is -1.03. The molecule has 4 nitrogen and oxygen atoms in total. The summed E-state index contributed by atoms with van der Waals surface area (Å²) in [6, 6.07) is -0.824. The Morgan fingerprint density at radius 1 is 1.75 bits per heavy atom. The largest absolute Gasteiger partial charge is 0.480 e. The molecule has 0 heterocycles. The second kappa shape index (κ2) is 2.64. The molecule has 0 aliphatic carbocycles. The molecule has 0 aromatic heterocycles. The lowest BCUT2D eigenvalue weighted by Crippen LogP contribution is -2.32. The van der Waals surface area contributed by atoms with Crippen LogP contribution >= 0.6 is 0 Å². The standard InChI is InChI=1S/C4H9NO3/c1-3(4(6)7)5(2)8/h3,8H,1-2H3,(H,6,7)/t3-/m0/s1. The van der Waals surface area contributed by atoms with Crippen LogP contribution < -0.4 is 0 Å². The molecule has 0 spiro atoms. The molecular formula is C4H9NO3. The fourth-order valence-corrected chi connectivity index (χ4v) is 0.160. The average Bonchev–Trinajstić information content (AvgIpc) is 1.64. The molecule has 0 radical (unpaired) electrons. The van der Waals surface area contributed by atoms with E-state index in [4.69, 9.17) is 10.3 Å². The Morgan fingerprint density at radius 3 is 2.12 bits per heavy atom. The van der Waals surface area contributed by atoms with E-state index >= 15 is 0 Å². The fraction of sp³-hybridized carbons (Fsp3) is 0.750. The Balaban J connectivity index is 3.64. The van der Waals surface area contributed by atoms with Crippen molar-refractivity contribution in [2.45, 2.75) is 13.0 Å². The molecule has 4 heteroatoms. The van der Waals surface area contributed by atoms with Gasteiger partial charge in [0.05, 0.1) is 0 Å². The number of carboxylic acids is 1. The summed E-state index contributed by atoms with van der Waals surface area (Å²) in [6.07, 6.45) is 0. The van der Waals surface area contributed by atoms with Gasteiger partial charge in [-0.1, -0.05) is 0 Å². The van der Waals surface area contributed by atoms with Gasteiger partial charge in [0.1, 0.15) is 6.04 Å². The summed E-state index contributed by atoms with van der Waals surface area (Å²) >= 11 is 0. The van der Waals surface area contributed by atoms with Crippen molar-refractivity contribution in [1.82, 2.24) is 5.06 Å². The average molecular weight is 119 g/mol. The van der Waals surface area contributed by atoms with Crippen LogP contribution in [0.15, 0.2) is 0 Å². The van der Waals surface area contributed by atoms with E-state index in [-0.39, 0.29) is 0 Å². The van der Waals surface area contributed by atoms with E-state index in [9.17, 15) is 4.79 Å². The zero-order chi connectivity index (χ0) is 6.73. The molecule has 0 aromatic carbocycles. The van der Waals surface area contributed by atoms with E-state index < -0.39 is 12.0 Å². The van der Waals surface area contributed by atoms with Crippen LogP contribution in [0.25, 0.3) is 0 Å². The van der Waals surface area contributed by atoms with Crippen LogP contribution in [0.5, 0.6) is 0 Å². The highest BCUT2D eigenvalue weighted by Crippen LogP contribution is 1.87. The van der Waals surface area contributed by atoms with Gasteiger partial charge in [-0.15, -0.1) is 0 Å². The van der Waals surface area contributed by atoms with Crippen LogP contribution in [0.4, 0.5) is 0 Å². The van der Waals surface area contributed by atoms with Crippen LogP contribution in [0.1, 0.15) is 6.92 Å². The molecule has 0 aliphatic rings. The number of hydroxylamine groups is 2. The van der Waals surface area contributed by atoms with E-state index in [0.29, 0.717) is 5.06 Å². The molecular weight excluding hydrogens is 110 g/mol. The number of carbonyl (C=O) groups is 1. The minimum Gasteiger partial charge on any atom is -0.480 e. The lowest BCUT2D eigenvalue weighted by molar-refractivity contribution is -0.160. The zero-order valence-corrected chi connectivity index (χ0v) is 4.83. The van der Waals surface area contributed by atoms with Gasteiger partial charge in [-0.25, -0.2) is 0 Å². The van der Waals surface area contributed by atoms with Crippen LogP contribution in [0, 0.1) is 0 Å². The highest BCUT2D eigenvalue weighted by Gasteiger charge is 2.13. The SMILES string of the molecule is C[C@@H](C(=O)O)N(C)O. The van der Waals surface area contributed by atoms with E-state index in [1.807, 2.05) is 0 Å². The molecule has 0 aliphatic heterocycles. The summed E-state index contributed by atoms with van der Waals surface area (Å²) < 4.78 is 0. The van der Waals surface area contributed by atoms with Gasteiger partial charge >= 0.3 is 5.97 Å². The second-order valence-electron chi connectivity index (χ2n) is 1.59. The van der Waals surface area contributed by atoms with Crippen molar-refractivity contribution in [1.29, 1.82) is 0 Å². The minimum atomic E-state index is -1.03. The Kier molecular flexibility index (Phi) is 2.44. The van der Waals surface area contributed by atoms with E-state index in [0.717, 1.165) is 0 Å². The number of carboxylic acid groups (broad SMARTS) is 1. The Morgan fingerprint density at radius 2 is 2.12 bits per heavy atom. The van der Waals surface area contributed by atoms with Gasteiger partial charge in [-0.2, -0.15) is 5.06 Å². The number of hydrogen-bond acceptors (Lipinski definition) is 3. The number of nitrogens with zero attached hydrogens (tertiary/aromatic N) is 1. The highest BCUT2D eigenvalue weighted by atomic mass is 16.5. The molecule has 1 atom stereocenters. The molecule has 0 amide bonds. The number of likely N-dealkylation sites (N-methyl/N-ethyl adjacent to an activating group) is 1. The van der Waals surface area contributed by atoms with Gasteiger partial charge in [0.2, 0.25) is 0 Å². The van der Waals surface area contributed by atoms with Crippen molar-refractivity contribution in [2.24, 2.45) is 0 Å². The molecule has 0 fully saturated rings. The third-order valence-corrected chi connectivity index (χ3v) is 0.918. The quantitative estimate of drug-likeness (QED) is 0.493. The predicted molar refractivity (Wildman–Crippen MR) is 26.6 cm³/mol. The smallest absolute Gasteiger partial charge is 0.323 e. The van der Waals surface area contributed by atoms with Crippen LogP contribution in [0.3, 0.4) is 0 Å². The molecule has 0 saturated heterocycles. The Hall–Kier alpha value is -0.610. The topological polar surface area (TPSA) is 60.8 Å². The van der Waals surface area contributed by atoms with E-state index in [2.05, 4.69) is 0 Å². The molecule has 0 rings (SSSR count). The molecule has 48 valence electrons. The van der Waals surface area contributed by atoms with Crippen LogP contribution in [-0.4, -0.2) is 34.4 Å². The maximum Gasteiger partial charge on any atom is 0.323 e. The summed E-state index contributed by atoms with van der Waals surface area (Å²) in [5, 5.41) is 17.2. The van der Waals surface area contributed by atoms with Crippen LogP contribution in [0.2, 0.25) is 0 Å². The maximum absolute atomic E-state index is 9.94. The molecule has 0 saturated carbocycles. The predicted octanol–water partition coefficient (Wildman–Crippen LogP) is -0.219. The van der Waals surface area contributed by atoms with Gasteiger partial charge in [0.15, 0.2) is 0 Å². The summed E-state index contributed by atoms with van der Waals surface area (Å²) in [6.45, 7) is 1.39. The zero-order valence-electron chi connectivity index (χ0n) is 4.83. The number of rotatable bonds is 2. The minimum absolute atomic E-state index is 0.641. The van der Waals surface area contributed by atoms with Crippen molar-refractivity contribution in [3.8, 4) is 0 Å². The van der Waals surface area contributed by atoms with Gasteiger partial charge in [-0.3, -0.25) is 4.79 Å². The normalized spacial score (nSPS) is 14.0. The molecule has 2 N–H and O–H groups in total. The van der Waals surface area contributed by atoms with Gasteiger partial charge < -0.3 is 10.3 Å². The lowest BCUT2D eigenvalue weighted by Gasteiger charge is -2.11. The summed E-state index contributed by atoms with van der Waals surface area (Å²) in [7, 11) is 1.29. The first-order valence-electron chi connectivity index (χ1n) is 2.20. The van der Waals surface area contributed by atoms with Crippen molar-refractivity contribution in [3.05, 3.63) is 0 Å². The fourth-order valence-electron chi connectivity index (χ4n) is 0.160. The third kappa shape index (κ3) is 1.90. The van der Waals surface area contributed by atoms with Crippen molar-refractivity contribution in [3.63, 3.8) is 0 Å². The molecule has 0 bridgehead atoms. The van der Waals surface area contributed by atoms with Gasteiger partial charge in [0, 0.05) is 7.05 Å². The maximum atomic E-state index is 9.94. The molecule has 0 aromatic rings. The Bertz CT molecular complexity index is 91.3. The van der Waals surface area contributed by atoms with Crippen molar-refractivity contribution >= 4 is 5.97 Å². The second-order valence-corrected chi connectivity index (χ2v) is 1.59. The van der Waals surface area contributed by atoms with Crippen molar-refractivity contribution in [2.75, 3.05) is 7.05 Å². The summed E-state index contributed by atoms with van der Waals surface area (Å²) in [4.78, 5) is 9.94.